The molecular formula is C19H23Cl2N5OS. The van der Waals surface area contributed by atoms with E-state index in [1.165, 1.54) is 0 Å². The van der Waals surface area contributed by atoms with Crippen LogP contribution in [0, 0.1) is 0 Å². The van der Waals surface area contributed by atoms with Crippen LogP contribution in [-0.2, 0) is 6.54 Å². The van der Waals surface area contributed by atoms with Gasteiger partial charge in [0, 0.05) is 22.9 Å². The molecule has 0 saturated carbocycles. The number of aromatic nitrogens is 4. The fourth-order valence-electron chi connectivity index (χ4n) is 2.57. The molecule has 0 aliphatic carbocycles. The summed E-state index contributed by atoms with van der Waals surface area (Å²) in [6, 6.07) is 15.6. The molecule has 0 unspecified atom stereocenters. The summed E-state index contributed by atoms with van der Waals surface area (Å²) in [6.07, 6.45) is 0.997. The number of nitrogens with zero attached hydrogens (tertiary/aromatic N) is 4. The fourth-order valence-corrected chi connectivity index (χ4v) is 3.59. The molecule has 9 heteroatoms. The largest absolute Gasteiger partial charge is 0.494 e. The van der Waals surface area contributed by atoms with E-state index in [1.807, 2.05) is 55.5 Å². The highest BCUT2D eigenvalue weighted by Gasteiger charge is 2.08. The molecule has 0 atom stereocenters. The van der Waals surface area contributed by atoms with Crippen molar-refractivity contribution in [1.82, 2.24) is 25.5 Å². The minimum atomic E-state index is 0. The van der Waals surface area contributed by atoms with Crippen LogP contribution in [0.1, 0.15) is 18.9 Å². The van der Waals surface area contributed by atoms with Crippen molar-refractivity contribution >= 4 is 35.8 Å². The minimum Gasteiger partial charge on any atom is -0.494 e. The van der Waals surface area contributed by atoms with Gasteiger partial charge in [0.25, 0.3) is 0 Å². The Morgan fingerprint density at radius 2 is 2.00 bits per heavy atom. The monoisotopic (exact) mass is 439 g/mol. The Hall–Kier alpha value is -1.80. The highest BCUT2D eigenvalue weighted by atomic mass is 35.5. The maximum atomic E-state index is 6.09. The zero-order valence-electron chi connectivity index (χ0n) is 15.5. The predicted molar refractivity (Wildman–Crippen MR) is 116 cm³/mol. The van der Waals surface area contributed by atoms with Gasteiger partial charge in [-0.1, -0.05) is 41.6 Å². The SMILES string of the molecule is CCOc1ccc(Cl)cc1CNCCCSc1nnnn1-c1ccccc1.Cl. The number of hydrogen-bond acceptors (Lipinski definition) is 6. The summed E-state index contributed by atoms with van der Waals surface area (Å²) in [4.78, 5) is 0. The summed E-state index contributed by atoms with van der Waals surface area (Å²) >= 11 is 7.74. The molecule has 0 fully saturated rings. The molecule has 3 rings (SSSR count). The van der Waals surface area contributed by atoms with Crippen molar-refractivity contribution in [2.45, 2.75) is 25.0 Å². The highest BCUT2D eigenvalue weighted by molar-refractivity contribution is 7.99. The average Bonchev–Trinajstić information content (AvgIpc) is 3.16. The summed E-state index contributed by atoms with van der Waals surface area (Å²) in [6.45, 7) is 4.23. The van der Waals surface area contributed by atoms with Crippen molar-refractivity contribution in [1.29, 1.82) is 0 Å². The molecule has 1 N–H and O–H groups in total. The van der Waals surface area contributed by atoms with Crippen molar-refractivity contribution in [2.75, 3.05) is 18.9 Å². The van der Waals surface area contributed by atoms with Gasteiger partial charge in [0.1, 0.15) is 5.75 Å². The van der Waals surface area contributed by atoms with Crippen molar-refractivity contribution in [3.63, 3.8) is 0 Å². The molecule has 0 aliphatic rings. The minimum absolute atomic E-state index is 0. The summed E-state index contributed by atoms with van der Waals surface area (Å²) in [5.74, 6) is 1.81. The fraction of sp³-hybridized carbons (Fsp3) is 0.316. The highest BCUT2D eigenvalue weighted by Crippen LogP contribution is 2.23. The summed E-state index contributed by atoms with van der Waals surface area (Å²) in [7, 11) is 0. The summed E-state index contributed by atoms with van der Waals surface area (Å²) < 4.78 is 7.41. The molecule has 28 heavy (non-hydrogen) atoms. The third-order valence-corrected chi connectivity index (χ3v) is 5.05. The first-order chi connectivity index (χ1) is 13.3. The molecule has 6 nitrogen and oxygen atoms in total. The first kappa shape index (κ1) is 22.5. The third kappa shape index (κ3) is 6.38. The van der Waals surface area contributed by atoms with E-state index >= 15 is 0 Å². The van der Waals surface area contributed by atoms with E-state index in [-0.39, 0.29) is 12.4 Å². The Morgan fingerprint density at radius 3 is 2.79 bits per heavy atom. The third-order valence-electron chi connectivity index (χ3n) is 3.81. The molecular weight excluding hydrogens is 417 g/mol. The second-order valence-corrected chi connectivity index (χ2v) is 7.27. The Bertz CT molecular complexity index is 847. The van der Waals surface area contributed by atoms with Gasteiger partial charge in [0.2, 0.25) is 5.16 Å². The molecule has 0 saturated heterocycles. The van der Waals surface area contributed by atoms with Crippen LogP contribution >= 0.6 is 35.8 Å². The van der Waals surface area contributed by atoms with E-state index in [0.29, 0.717) is 6.61 Å². The first-order valence-electron chi connectivity index (χ1n) is 8.86. The van der Waals surface area contributed by atoms with E-state index in [9.17, 15) is 0 Å². The van der Waals surface area contributed by atoms with Gasteiger partial charge in [-0.15, -0.1) is 17.5 Å². The lowest BCUT2D eigenvalue weighted by atomic mass is 10.2. The number of ether oxygens (including phenoxy) is 1. The lowest BCUT2D eigenvalue weighted by Crippen LogP contribution is -2.16. The zero-order chi connectivity index (χ0) is 18.9. The molecule has 0 spiro atoms. The van der Waals surface area contributed by atoms with Crippen LogP contribution in [0.3, 0.4) is 0 Å². The van der Waals surface area contributed by atoms with Gasteiger partial charge in [-0.2, -0.15) is 4.68 Å². The molecule has 1 aromatic heterocycles. The van der Waals surface area contributed by atoms with Gasteiger partial charge in [-0.25, -0.2) is 0 Å². The van der Waals surface area contributed by atoms with Crippen LogP contribution in [0.25, 0.3) is 5.69 Å². The number of hydrogen-bond donors (Lipinski definition) is 1. The van der Waals surface area contributed by atoms with E-state index in [2.05, 4.69) is 20.8 Å². The summed E-state index contributed by atoms with van der Waals surface area (Å²) in [5, 5.41) is 16.9. The number of halogens is 2. The topological polar surface area (TPSA) is 64.9 Å². The maximum absolute atomic E-state index is 6.09. The van der Waals surface area contributed by atoms with Crippen molar-refractivity contribution < 1.29 is 4.74 Å². The molecule has 0 bridgehead atoms. The Morgan fingerprint density at radius 1 is 1.18 bits per heavy atom. The Kier molecular flexibility index (Phi) is 9.57. The van der Waals surface area contributed by atoms with Crippen molar-refractivity contribution in [3.8, 4) is 11.4 Å². The molecule has 3 aromatic rings. The first-order valence-corrected chi connectivity index (χ1v) is 10.2. The number of tetrazole rings is 1. The standard InChI is InChI=1S/C19H22ClN5OS.ClH/c1-2-26-18-10-9-16(20)13-15(18)14-21-11-6-12-27-19-22-23-24-25(19)17-7-4-3-5-8-17;/h3-5,7-10,13,21H,2,6,11-12,14H2,1H3;1H. The van der Waals surface area contributed by atoms with E-state index in [0.717, 1.165) is 52.4 Å². The number of rotatable bonds is 10. The molecule has 2 aromatic carbocycles. The van der Waals surface area contributed by atoms with Crippen LogP contribution in [0.2, 0.25) is 5.02 Å². The number of benzene rings is 2. The van der Waals surface area contributed by atoms with Crippen LogP contribution in [0.15, 0.2) is 53.7 Å². The molecule has 0 aliphatic heterocycles. The second kappa shape index (κ2) is 11.9. The van der Waals surface area contributed by atoms with Crippen molar-refractivity contribution in [3.05, 3.63) is 59.1 Å². The van der Waals surface area contributed by atoms with Gasteiger partial charge in [0.15, 0.2) is 0 Å². The second-order valence-electron chi connectivity index (χ2n) is 5.77. The van der Waals surface area contributed by atoms with Gasteiger partial charge >= 0.3 is 0 Å². The normalized spacial score (nSPS) is 10.5. The lowest BCUT2D eigenvalue weighted by molar-refractivity contribution is 0.335. The van der Waals surface area contributed by atoms with Gasteiger partial charge < -0.3 is 10.1 Å². The average molecular weight is 440 g/mol. The number of thioether (sulfide) groups is 1. The van der Waals surface area contributed by atoms with E-state index in [4.69, 9.17) is 16.3 Å². The van der Waals surface area contributed by atoms with Gasteiger partial charge in [-0.05, 0) is 60.6 Å². The molecule has 1 heterocycles. The summed E-state index contributed by atoms with van der Waals surface area (Å²) in [5.41, 5.74) is 2.04. The van der Waals surface area contributed by atoms with Gasteiger partial charge in [-0.3, -0.25) is 0 Å². The maximum Gasteiger partial charge on any atom is 0.214 e. The van der Waals surface area contributed by atoms with Crippen LogP contribution in [-0.4, -0.2) is 39.1 Å². The number of para-hydroxylation sites is 1. The molecule has 0 radical (unpaired) electrons. The Labute approximate surface area is 180 Å². The smallest absolute Gasteiger partial charge is 0.214 e. The zero-order valence-corrected chi connectivity index (χ0v) is 17.9. The lowest BCUT2D eigenvalue weighted by Gasteiger charge is -2.11. The van der Waals surface area contributed by atoms with E-state index in [1.54, 1.807) is 16.4 Å². The van der Waals surface area contributed by atoms with Crippen LogP contribution in [0.5, 0.6) is 5.75 Å². The Balaban J connectivity index is 0.00000280. The van der Waals surface area contributed by atoms with Gasteiger partial charge in [0.05, 0.1) is 12.3 Å². The quantitative estimate of drug-likeness (QED) is 0.372. The van der Waals surface area contributed by atoms with Crippen LogP contribution < -0.4 is 10.1 Å². The van der Waals surface area contributed by atoms with Crippen LogP contribution in [0.4, 0.5) is 0 Å². The van der Waals surface area contributed by atoms with E-state index < -0.39 is 0 Å². The number of nitrogens with one attached hydrogen (secondary N) is 1. The molecule has 150 valence electrons. The van der Waals surface area contributed by atoms with Crippen molar-refractivity contribution in [2.24, 2.45) is 0 Å². The predicted octanol–water partition coefficient (Wildman–Crippen LogP) is 4.41. The molecule has 0 amide bonds.